The number of rotatable bonds is 5. The molecule has 0 unspecified atom stereocenters. The van der Waals surface area contributed by atoms with Gasteiger partial charge in [0.15, 0.2) is 5.76 Å². The molecule has 0 bridgehead atoms. The van der Waals surface area contributed by atoms with Crippen LogP contribution in [0.15, 0.2) is 71.1 Å². The summed E-state index contributed by atoms with van der Waals surface area (Å²) in [4.78, 5) is 12.1. The third-order valence-corrected chi connectivity index (χ3v) is 3.44. The Kier molecular flexibility index (Phi) is 4.64. The number of amides is 1. The van der Waals surface area contributed by atoms with Crippen molar-refractivity contribution in [1.82, 2.24) is 0 Å². The summed E-state index contributed by atoms with van der Waals surface area (Å²) in [5, 5.41) is 3.29. The van der Waals surface area contributed by atoms with Gasteiger partial charge in [-0.15, -0.1) is 0 Å². The number of anilines is 1. The molecule has 0 spiro atoms. The number of benzene rings is 2. The maximum Gasteiger partial charge on any atom is 0.291 e. The average molecular weight is 328 g/mol. The van der Waals surface area contributed by atoms with E-state index in [0.29, 0.717) is 22.2 Å². The van der Waals surface area contributed by atoms with Crippen LogP contribution in [0.25, 0.3) is 0 Å². The fraction of sp³-hybridized carbons (Fsp3) is 0.0556. The third kappa shape index (κ3) is 3.93. The Bertz CT molecular complexity index is 799. The molecule has 1 N–H and O–H groups in total. The van der Waals surface area contributed by atoms with E-state index in [1.54, 1.807) is 24.3 Å². The molecule has 0 fully saturated rings. The molecule has 116 valence electrons. The molecule has 3 aromatic rings. The van der Waals surface area contributed by atoms with Crippen LogP contribution in [0.3, 0.4) is 0 Å². The molecule has 0 aliphatic rings. The van der Waals surface area contributed by atoms with Gasteiger partial charge in [-0.05, 0) is 36.4 Å². The van der Waals surface area contributed by atoms with Gasteiger partial charge in [-0.1, -0.05) is 41.9 Å². The van der Waals surface area contributed by atoms with Gasteiger partial charge >= 0.3 is 0 Å². The van der Waals surface area contributed by atoms with Gasteiger partial charge in [-0.25, -0.2) is 0 Å². The number of carbonyl (C=O) groups excluding carboxylic acids is 1. The number of hydrogen-bond acceptors (Lipinski definition) is 3. The summed E-state index contributed by atoms with van der Waals surface area (Å²) in [6.07, 6.45) is 0. The predicted octanol–water partition coefficient (Wildman–Crippen LogP) is 4.76. The minimum Gasteiger partial charge on any atom is -0.484 e. The zero-order valence-corrected chi connectivity index (χ0v) is 12.9. The molecule has 0 aliphatic heterocycles. The molecule has 23 heavy (non-hydrogen) atoms. The lowest BCUT2D eigenvalue weighted by atomic mass is 10.3. The van der Waals surface area contributed by atoms with Gasteiger partial charge in [0.2, 0.25) is 0 Å². The van der Waals surface area contributed by atoms with Gasteiger partial charge < -0.3 is 14.5 Å². The Hall–Kier alpha value is -2.72. The van der Waals surface area contributed by atoms with Crippen molar-refractivity contribution in [1.29, 1.82) is 0 Å². The van der Waals surface area contributed by atoms with E-state index >= 15 is 0 Å². The molecule has 0 saturated heterocycles. The first-order chi connectivity index (χ1) is 11.2. The van der Waals surface area contributed by atoms with Crippen molar-refractivity contribution in [3.05, 3.63) is 83.3 Å². The lowest BCUT2D eigenvalue weighted by Crippen LogP contribution is -2.10. The van der Waals surface area contributed by atoms with Crippen molar-refractivity contribution in [3.8, 4) is 5.75 Å². The molecule has 3 rings (SSSR count). The van der Waals surface area contributed by atoms with Gasteiger partial charge in [0.25, 0.3) is 5.91 Å². The highest BCUT2D eigenvalue weighted by Gasteiger charge is 2.12. The van der Waals surface area contributed by atoms with Crippen molar-refractivity contribution in [2.75, 3.05) is 5.32 Å². The third-order valence-electron chi connectivity index (χ3n) is 3.12. The molecule has 0 atom stereocenters. The zero-order valence-electron chi connectivity index (χ0n) is 12.2. The Balaban J connectivity index is 1.62. The minimum atomic E-state index is -0.305. The van der Waals surface area contributed by atoms with Crippen LogP contribution in [0.1, 0.15) is 16.3 Å². The first-order valence-electron chi connectivity index (χ1n) is 7.05. The second-order valence-corrected chi connectivity index (χ2v) is 5.21. The molecule has 1 heterocycles. The normalized spacial score (nSPS) is 10.3. The van der Waals surface area contributed by atoms with Crippen molar-refractivity contribution < 1.29 is 13.9 Å². The second-order valence-electron chi connectivity index (χ2n) is 4.81. The van der Waals surface area contributed by atoms with Crippen LogP contribution in [0, 0.1) is 0 Å². The number of hydrogen-bond donors (Lipinski definition) is 1. The predicted molar refractivity (Wildman–Crippen MR) is 88.9 cm³/mol. The van der Waals surface area contributed by atoms with E-state index in [2.05, 4.69) is 5.32 Å². The van der Waals surface area contributed by atoms with Gasteiger partial charge in [-0.3, -0.25) is 4.79 Å². The SMILES string of the molecule is O=C(Nc1ccccc1)c1ccc(COc2ccccc2Cl)o1. The number of para-hydroxylation sites is 2. The zero-order chi connectivity index (χ0) is 16.1. The Labute approximate surface area is 138 Å². The summed E-state index contributed by atoms with van der Waals surface area (Å²) >= 11 is 6.02. The van der Waals surface area contributed by atoms with E-state index in [1.807, 2.05) is 42.5 Å². The van der Waals surface area contributed by atoms with Crippen LogP contribution in [-0.4, -0.2) is 5.91 Å². The van der Waals surface area contributed by atoms with Crippen LogP contribution in [0.5, 0.6) is 5.75 Å². The Morgan fingerprint density at radius 2 is 1.74 bits per heavy atom. The van der Waals surface area contributed by atoms with Crippen molar-refractivity contribution in [3.63, 3.8) is 0 Å². The first-order valence-corrected chi connectivity index (χ1v) is 7.42. The summed E-state index contributed by atoms with van der Waals surface area (Å²) in [5.41, 5.74) is 0.711. The highest BCUT2D eigenvalue weighted by Crippen LogP contribution is 2.24. The number of carbonyl (C=O) groups is 1. The van der Waals surface area contributed by atoms with Gasteiger partial charge in [0.05, 0.1) is 5.02 Å². The first kappa shape index (κ1) is 15.2. The van der Waals surface area contributed by atoms with Crippen LogP contribution < -0.4 is 10.1 Å². The van der Waals surface area contributed by atoms with E-state index in [1.165, 1.54) is 0 Å². The maximum absolute atomic E-state index is 12.1. The Morgan fingerprint density at radius 1 is 1.00 bits per heavy atom. The van der Waals surface area contributed by atoms with Crippen LogP contribution in [-0.2, 0) is 6.61 Å². The topological polar surface area (TPSA) is 51.5 Å². The van der Waals surface area contributed by atoms with Gasteiger partial charge in [0, 0.05) is 5.69 Å². The molecule has 4 nitrogen and oxygen atoms in total. The second kappa shape index (κ2) is 7.03. The van der Waals surface area contributed by atoms with Crippen molar-refractivity contribution in [2.24, 2.45) is 0 Å². The highest BCUT2D eigenvalue weighted by atomic mass is 35.5. The number of nitrogens with one attached hydrogen (secondary N) is 1. The molecular formula is C18H14ClNO3. The molecule has 0 radical (unpaired) electrons. The Morgan fingerprint density at radius 3 is 2.52 bits per heavy atom. The lowest BCUT2D eigenvalue weighted by Gasteiger charge is -2.05. The average Bonchev–Trinajstić information content (AvgIpc) is 3.04. The summed E-state index contributed by atoms with van der Waals surface area (Å²) in [5.74, 6) is 1.04. The number of halogens is 1. The molecule has 0 aliphatic carbocycles. The van der Waals surface area contributed by atoms with E-state index < -0.39 is 0 Å². The lowest BCUT2D eigenvalue weighted by molar-refractivity contribution is 0.0992. The molecule has 2 aromatic carbocycles. The van der Waals surface area contributed by atoms with E-state index in [9.17, 15) is 4.79 Å². The molecule has 1 aromatic heterocycles. The van der Waals surface area contributed by atoms with Crippen LogP contribution >= 0.6 is 11.6 Å². The smallest absolute Gasteiger partial charge is 0.291 e. The number of furan rings is 1. The molecular weight excluding hydrogens is 314 g/mol. The highest BCUT2D eigenvalue weighted by molar-refractivity contribution is 6.32. The monoisotopic (exact) mass is 327 g/mol. The van der Waals surface area contributed by atoms with E-state index in [0.717, 1.165) is 0 Å². The fourth-order valence-electron chi connectivity index (χ4n) is 2.00. The molecule has 5 heteroatoms. The standard InChI is InChI=1S/C18H14ClNO3/c19-15-8-4-5-9-16(15)22-12-14-10-11-17(23-14)18(21)20-13-6-2-1-3-7-13/h1-11H,12H2,(H,20,21). The summed E-state index contributed by atoms with van der Waals surface area (Å²) < 4.78 is 11.1. The van der Waals surface area contributed by atoms with E-state index in [4.69, 9.17) is 20.8 Å². The maximum atomic E-state index is 12.1. The van der Waals surface area contributed by atoms with Crippen molar-refractivity contribution >= 4 is 23.2 Å². The summed E-state index contributed by atoms with van der Waals surface area (Å²) in [7, 11) is 0. The fourth-order valence-corrected chi connectivity index (χ4v) is 2.19. The molecule has 1 amide bonds. The quantitative estimate of drug-likeness (QED) is 0.734. The van der Waals surface area contributed by atoms with E-state index in [-0.39, 0.29) is 18.3 Å². The van der Waals surface area contributed by atoms with Crippen molar-refractivity contribution in [2.45, 2.75) is 6.61 Å². The molecule has 0 saturated carbocycles. The largest absolute Gasteiger partial charge is 0.484 e. The van der Waals surface area contributed by atoms with Crippen LogP contribution in [0.2, 0.25) is 5.02 Å². The summed E-state index contributed by atoms with van der Waals surface area (Å²) in [6, 6.07) is 19.7. The van der Waals surface area contributed by atoms with Gasteiger partial charge in [-0.2, -0.15) is 0 Å². The van der Waals surface area contributed by atoms with Gasteiger partial charge in [0.1, 0.15) is 18.1 Å². The van der Waals surface area contributed by atoms with Crippen LogP contribution in [0.4, 0.5) is 5.69 Å². The minimum absolute atomic E-state index is 0.197. The number of ether oxygens (including phenoxy) is 1. The summed E-state index contributed by atoms with van der Waals surface area (Å²) in [6.45, 7) is 0.197.